The number of anilines is 3. The summed E-state index contributed by atoms with van der Waals surface area (Å²) in [5.74, 6) is 0.168. The van der Waals surface area contributed by atoms with E-state index in [4.69, 9.17) is 5.73 Å². The van der Waals surface area contributed by atoms with Crippen LogP contribution in [0.25, 0.3) is 11.3 Å². The van der Waals surface area contributed by atoms with Crippen molar-refractivity contribution < 1.29 is 13.2 Å². The summed E-state index contributed by atoms with van der Waals surface area (Å²) in [4.78, 5) is 8.09. The Bertz CT molecular complexity index is 848. The summed E-state index contributed by atoms with van der Waals surface area (Å²) in [7, 11) is 0. The van der Waals surface area contributed by atoms with Crippen molar-refractivity contribution in [2.24, 2.45) is 0 Å². The lowest BCUT2D eigenvalue weighted by molar-refractivity contribution is -0.136. The number of benzene rings is 2. The van der Waals surface area contributed by atoms with Gasteiger partial charge < -0.3 is 11.1 Å². The van der Waals surface area contributed by atoms with Gasteiger partial charge in [0.05, 0.1) is 16.9 Å². The van der Waals surface area contributed by atoms with Crippen molar-refractivity contribution >= 4 is 17.5 Å². The second-order valence-electron chi connectivity index (χ2n) is 5.03. The summed E-state index contributed by atoms with van der Waals surface area (Å²) in [5.41, 5.74) is 6.13. The molecule has 0 amide bonds. The van der Waals surface area contributed by atoms with Gasteiger partial charge >= 0.3 is 6.18 Å². The third-order valence-corrected chi connectivity index (χ3v) is 3.31. The molecule has 0 saturated heterocycles. The molecule has 24 heavy (non-hydrogen) atoms. The zero-order valence-electron chi connectivity index (χ0n) is 12.4. The van der Waals surface area contributed by atoms with Crippen LogP contribution in [0.1, 0.15) is 5.56 Å². The predicted molar refractivity (Wildman–Crippen MR) is 86.6 cm³/mol. The minimum atomic E-state index is -4.47. The maximum Gasteiger partial charge on any atom is 0.418 e. The number of rotatable bonds is 3. The number of hydrogen-bond acceptors (Lipinski definition) is 4. The van der Waals surface area contributed by atoms with Gasteiger partial charge in [-0.3, -0.25) is 0 Å². The summed E-state index contributed by atoms with van der Waals surface area (Å²) >= 11 is 0. The summed E-state index contributed by atoms with van der Waals surface area (Å²) in [6.07, 6.45) is -4.47. The van der Waals surface area contributed by atoms with Crippen LogP contribution in [0.15, 0.2) is 60.7 Å². The Morgan fingerprint density at radius 2 is 1.54 bits per heavy atom. The second-order valence-corrected chi connectivity index (χ2v) is 5.03. The van der Waals surface area contributed by atoms with E-state index in [0.29, 0.717) is 5.69 Å². The van der Waals surface area contributed by atoms with Gasteiger partial charge in [0.2, 0.25) is 5.95 Å². The van der Waals surface area contributed by atoms with E-state index in [-0.39, 0.29) is 17.5 Å². The van der Waals surface area contributed by atoms with E-state index >= 15 is 0 Å². The lowest BCUT2D eigenvalue weighted by Gasteiger charge is -2.14. The van der Waals surface area contributed by atoms with Gasteiger partial charge in [-0.2, -0.15) is 18.2 Å². The zero-order chi connectivity index (χ0) is 17.2. The van der Waals surface area contributed by atoms with Crippen LogP contribution in [-0.4, -0.2) is 9.97 Å². The molecule has 4 nitrogen and oxygen atoms in total. The smallest absolute Gasteiger partial charge is 0.368 e. The van der Waals surface area contributed by atoms with Crippen LogP contribution in [0.4, 0.5) is 30.6 Å². The Morgan fingerprint density at radius 1 is 0.875 bits per heavy atom. The van der Waals surface area contributed by atoms with E-state index in [1.54, 1.807) is 6.07 Å². The average Bonchev–Trinajstić information content (AvgIpc) is 2.55. The van der Waals surface area contributed by atoms with Crippen molar-refractivity contribution in [1.29, 1.82) is 0 Å². The predicted octanol–water partition coefficient (Wildman–Crippen LogP) is 4.49. The number of aromatic nitrogens is 2. The van der Waals surface area contributed by atoms with Gasteiger partial charge in [-0.1, -0.05) is 42.5 Å². The van der Waals surface area contributed by atoms with Crippen molar-refractivity contribution in [3.05, 3.63) is 66.2 Å². The van der Waals surface area contributed by atoms with Crippen LogP contribution in [-0.2, 0) is 6.18 Å². The highest BCUT2D eigenvalue weighted by Crippen LogP contribution is 2.36. The molecule has 3 aromatic rings. The van der Waals surface area contributed by atoms with E-state index < -0.39 is 11.7 Å². The first-order valence-electron chi connectivity index (χ1n) is 7.07. The van der Waals surface area contributed by atoms with Crippen molar-refractivity contribution in [3.8, 4) is 11.3 Å². The molecule has 0 fully saturated rings. The number of nitrogens with two attached hydrogens (primary N) is 1. The van der Waals surface area contributed by atoms with Crippen molar-refractivity contribution in [3.63, 3.8) is 0 Å². The Kier molecular flexibility index (Phi) is 4.07. The van der Waals surface area contributed by atoms with Gasteiger partial charge in [-0.25, -0.2) is 4.98 Å². The fourth-order valence-corrected chi connectivity index (χ4v) is 2.26. The lowest BCUT2D eigenvalue weighted by atomic mass is 10.1. The molecule has 7 heteroatoms. The SMILES string of the molecule is Nc1nc(Nc2ccccc2C(F)(F)F)cc(-c2ccccc2)n1. The Labute approximate surface area is 136 Å². The minimum absolute atomic E-state index is 0.0247. The standard InChI is InChI=1S/C17H13F3N4/c18-17(19,20)12-8-4-5-9-13(12)22-15-10-14(23-16(21)24-15)11-6-2-1-3-7-11/h1-10H,(H3,21,22,23,24). The van der Waals surface area contributed by atoms with Crippen molar-refractivity contribution in [2.45, 2.75) is 6.18 Å². The number of nitrogens with zero attached hydrogens (tertiary/aromatic N) is 2. The van der Waals surface area contributed by atoms with E-state index in [1.165, 1.54) is 18.2 Å². The van der Waals surface area contributed by atoms with Gasteiger partial charge in [0.15, 0.2) is 0 Å². The third-order valence-electron chi connectivity index (χ3n) is 3.31. The molecule has 0 atom stereocenters. The van der Waals surface area contributed by atoms with Gasteiger partial charge in [0.25, 0.3) is 0 Å². The summed E-state index contributed by atoms with van der Waals surface area (Å²) in [6.45, 7) is 0. The van der Waals surface area contributed by atoms with Gasteiger partial charge in [-0.15, -0.1) is 0 Å². The summed E-state index contributed by atoms with van der Waals surface area (Å²) in [5, 5.41) is 2.68. The zero-order valence-corrected chi connectivity index (χ0v) is 12.4. The molecule has 0 aliphatic heterocycles. The number of alkyl halides is 3. The average molecular weight is 330 g/mol. The molecule has 0 aliphatic rings. The first-order valence-corrected chi connectivity index (χ1v) is 7.07. The molecule has 0 unspecified atom stereocenters. The molecule has 0 radical (unpaired) electrons. The molecule has 0 aliphatic carbocycles. The highest BCUT2D eigenvalue weighted by molar-refractivity contribution is 5.68. The lowest BCUT2D eigenvalue weighted by Crippen LogP contribution is -2.09. The fraction of sp³-hybridized carbons (Fsp3) is 0.0588. The molecule has 0 saturated carbocycles. The van der Waals surface area contributed by atoms with Gasteiger partial charge in [0, 0.05) is 11.6 Å². The first kappa shape index (κ1) is 15.8. The monoisotopic (exact) mass is 330 g/mol. The number of nitrogen functional groups attached to an aromatic ring is 1. The molecule has 3 N–H and O–H groups in total. The molecule has 1 heterocycles. The Balaban J connectivity index is 1.99. The maximum absolute atomic E-state index is 13.1. The normalized spacial score (nSPS) is 11.3. The molecule has 1 aromatic heterocycles. The van der Waals surface area contributed by atoms with Gasteiger partial charge in [-0.05, 0) is 12.1 Å². The van der Waals surface area contributed by atoms with Crippen LogP contribution in [0.5, 0.6) is 0 Å². The molecular weight excluding hydrogens is 317 g/mol. The Hall–Kier alpha value is -3.09. The molecular formula is C17H13F3N4. The number of para-hydroxylation sites is 1. The third kappa shape index (κ3) is 3.45. The highest BCUT2D eigenvalue weighted by atomic mass is 19.4. The molecule has 2 aromatic carbocycles. The maximum atomic E-state index is 13.1. The molecule has 0 spiro atoms. The summed E-state index contributed by atoms with van der Waals surface area (Å²) < 4.78 is 39.2. The topological polar surface area (TPSA) is 63.8 Å². The van der Waals surface area contributed by atoms with Crippen LogP contribution in [0, 0.1) is 0 Å². The van der Waals surface area contributed by atoms with E-state index in [9.17, 15) is 13.2 Å². The number of nitrogens with one attached hydrogen (secondary N) is 1. The quantitative estimate of drug-likeness (QED) is 0.743. The highest BCUT2D eigenvalue weighted by Gasteiger charge is 2.33. The second kappa shape index (κ2) is 6.19. The molecule has 122 valence electrons. The van der Waals surface area contributed by atoms with E-state index in [1.807, 2.05) is 30.3 Å². The van der Waals surface area contributed by atoms with Crippen LogP contribution in [0.3, 0.4) is 0 Å². The Morgan fingerprint density at radius 3 is 2.25 bits per heavy atom. The van der Waals surface area contributed by atoms with Crippen LogP contribution in [0.2, 0.25) is 0 Å². The molecule has 0 bridgehead atoms. The minimum Gasteiger partial charge on any atom is -0.368 e. The number of halogens is 3. The van der Waals surface area contributed by atoms with E-state index in [0.717, 1.165) is 11.6 Å². The van der Waals surface area contributed by atoms with Crippen LogP contribution >= 0.6 is 0 Å². The van der Waals surface area contributed by atoms with Crippen molar-refractivity contribution in [1.82, 2.24) is 9.97 Å². The van der Waals surface area contributed by atoms with Crippen molar-refractivity contribution in [2.75, 3.05) is 11.1 Å². The fourth-order valence-electron chi connectivity index (χ4n) is 2.26. The van der Waals surface area contributed by atoms with Gasteiger partial charge in [0.1, 0.15) is 5.82 Å². The number of hydrogen-bond donors (Lipinski definition) is 2. The van der Waals surface area contributed by atoms with Crippen LogP contribution < -0.4 is 11.1 Å². The van der Waals surface area contributed by atoms with E-state index in [2.05, 4.69) is 15.3 Å². The largest absolute Gasteiger partial charge is 0.418 e. The first-order chi connectivity index (χ1) is 11.4. The summed E-state index contributed by atoms with van der Waals surface area (Å²) in [6, 6.07) is 15.9. The molecule has 3 rings (SSSR count).